The van der Waals surface area contributed by atoms with E-state index >= 15 is 0 Å². The Balaban J connectivity index is 1.54. The van der Waals surface area contributed by atoms with E-state index in [9.17, 15) is 0 Å². The fourth-order valence-electron chi connectivity index (χ4n) is 2.16. The van der Waals surface area contributed by atoms with Crippen LogP contribution in [0.2, 0.25) is 0 Å². The topological polar surface area (TPSA) is 18.5 Å². The van der Waals surface area contributed by atoms with Crippen molar-refractivity contribution >= 4 is 23.5 Å². The van der Waals surface area contributed by atoms with Crippen LogP contribution in [-0.4, -0.2) is 35.1 Å². The summed E-state index contributed by atoms with van der Waals surface area (Å²) < 4.78 is 12.1. The SMILES string of the molecule is CC1(CCCCC2SCCCS2)OCCO1. The number of hydrogen-bond acceptors (Lipinski definition) is 4. The lowest BCUT2D eigenvalue weighted by atomic mass is 10.1. The molecule has 2 aliphatic heterocycles. The van der Waals surface area contributed by atoms with Gasteiger partial charge in [0.1, 0.15) is 0 Å². The summed E-state index contributed by atoms with van der Waals surface area (Å²) in [6.45, 7) is 3.61. The van der Waals surface area contributed by atoms with Crippen LogP contribution in [0.1, 0.15) is 39.0 Å². The molecule has 0 aromatic heterocycles. The van der Waals surface area contributed by atoms with Gasteiger partial charge in [-0.15, -0.1) is 23.5 Å². The van der Waals surface area contributed by atoms with E-state index in [1.165, 1.54) is 37.2 Å². The van der Waals surface area contributed by atoms with Gasteiger partial charge in [-0.25, -0.2) is 0 Å². The highest BCUT2D eigenvalue weighted by Crippen LogP contribution is 2.34. The minimum Gasteiger partial charge on any atom is -0.348 e. The van der Waals surface area contributed by atoms with Crippen LogP contribution in [0.15, 0.2) is 0 Å². The highest BCUT2D eigenvalue weighted by atomic mass is 32.2. The second-order valence-electron chi connectivity index (χ2n) is 4.60. The first-order valence-electron chi connectivity index (χ1n) is 6.30. The molecule has 0 bridgehead atoms. The van der Waals surface area contributed by atoms with Gasteiger partial charge in [-0.05, 0) is 37.7 Å². The first kappa shape index (κ1) is 13.1. The van der Waals surface area contributed by atoms with Crippen molar-refractivity contribution in [3.8, 4) is 0 Å². The van der Waals surface area contributed by atoms with Gasteiger partial charge in [0.15, 0.2) is 5.79 Å². The maximum Gasteiger partial charge on any atom is 0.165 e. The molecule has 2 fully saturated rings. The Bertz CT molecular complexity index is 199. The van der Waals surface area contributed by atoms with Crippen LogP contribution in [0.5, 0.6) is 0 Å². The number of rotatable bonds is 5. The van der Waals surface area contributed by atoms with E-state index < -0.39 is 0 Å². The molecule has 94 valence electrons. The van der Waals surface area contributed by atoms with E-state index in [1.54, 1.807) is 0 Å². The normalized spacial score (nSPS) is 26.1. The van der Waals surface area contributed by atoms with E-state index in [1.807, 2.05) is 0 Å². The Hall–Kier alpha value is 0.620. The Morgan fingerprint density at radius 3 is 2.50 bits per heavy atom. The average molecular weight is 262 g/mol. The van der Waals surface area contributed by atoms with E-state index in [0.717, 1.165) is 24.2 Å². The lowest BCUT2D eigenvalue weighted by Crippen LogP contribution is -2.25. The predicted molar refractivity (Wildman–Crippen MR) is 72.1 cm³/mol. The van der Waals surface area contributed by atoms with E-state index in [4.69, 9.17) is 9.47 Å². The summed E-state index contributed by atoms with van der Waals surface area (Å²) >= 11 is 4.29. The van der Waals surface area contributed by atoms with Crippen LogP contribution in [0.4, 0.5) is 0 Å². The van der Waals surface area contributed by atoms with Gasteiger partial charge in [0, 0.05) is 6.42 Å². The van der Waals surface area contributed by atoms with Gasteiger partial charge in [-0.1, -0.05) is 6.42 Å². The Morgan fingerprint density at radius 2 is 1.81 bits per heavy atom. The molecule has 0 saturated carbocycles. The van der Waals surface area contributed by atoms with Crippen molar-refractivity contribution in [1.82, 2.24) is 0 Å². The molecule has 0 aliphatic carbocycles. The average Bonchev–Trinajstić information content (AvgIpc) is 2.74. The lowest BCUT2D eigenvalue weighted by molar-refractivity contribution is -0.147. The molecule has 2 heterocycles. The first-order valence-corrected chi connectivity index (χ1v) is 8.39. The van der Waals surface area contributed by atoms with Crippen molar-refractivity contribution in [3.05, 3.63) is 0 Å². The molecule has 4 heteroatoms. The zero-order valence-electron chi connectivity index (χ0n) is 10.1. The molecule has 2 saturated heterocycles. The van der Waals surface area contributed by atoms with Crippen LogP contribution in [-0.2, 0) is 9.47 Å². The summed E-state index contributed by atoms with van der Waals surface area (Å²) in [6, 6.07) is 0. The van der Waals surface area contributed by atoms with Gasteiger partial charge in [0.05, 0.1) is 17.8 Å². The molecule has 2 nitrogen and oxygen atoms in total. The number of ether oxygens (including phenoxy) is 2. The van der Waals surface area contributed by atoms with Crippen LogP contribution >= 0.6 is 23.5 Å². The fraction of sp³-hybridized carbons (Fsp3) is 1.00. The molecule has 0 unspecified atom stereocenters. The van der Waals surface area contributed by atoms with E-state index in [2.05, 4.69) is 30.4 Å². The molecule has 0 radical (unpaired) electrons. The zero-order valence-corrected chi connectivity index (χ0v) is 11.7. The third-order valence-corrected chi connectivity index (χ3v) is 6.20. The van der Waals surface area contributed by atoms with Crippen molar-refractivity contribution in [2.75, 3.05) is 24.7 Å². The quantitative estimate of drug-likeness (QED) is 0.706. The minimum atomic E-state index is -0.271. The van der Waals surface area contributed by atoms with E-state index in [-0.39, 0.29) is 5.79 Å². The van der Waals surface area contributed by atoms with Gasteiger partial charge in [0.25, 0.3) is 0 Å². The largest absolute Gasteiger partial charge is 0.348 e. The standard InChI is InChI=1S/C12H22O2S2/c1-12(13-7-8-14-12)6-3-2-5-11-15-9-4-10-16-11/h11H,2-10H2,1H3. The van der Waals surface area contributed by atoms with Gasteiger partial charge in [-0.3, -0.25) is 0 Å². The Morgan fingerprint density at radius 1 is 1.12 bits per heavy atom. The van der Waals surface area contributed by atoms with Crippen molar-refractivity contribution < 1.29 is 9.47 Å². The van der Waals surface area contributed by atoms with Crippen LogP contribution in [0.3, 0.4) is 0 Å². The summed E-state index contributed by atoms with van der Waals surface area (Å²) in [5.74, 6) is 2.45. The van der Waals surface area contributed by atoms with Gasteiger partial charge < -0.3 is 9.47 Å². The summed E-state index contributed by atoms with van der Waals surface area (Å²) in [5, 5.41) is 0. The molecule has 0 N–H and O–H groups in total. The smallest absolute Gasteiger partial charge is 0.165 e. The third kappa shape index (κ3) is 4.13. The molecule has 0 spiro atoms. The molecule has 0 amide bonds. The molecule has 0 aromatic carbocycles. The Kier molecular flexibility index (Phi) is 5.33. The monoisotopic (exact) mass is 262 g/mol. The summed E-state index contributed by atoms with van der Waals surface area (Å²) in [4.78, 5) is 0. The van der Waals surface area contributed by atoms with Gasteiger partial charge in [0.2, 0.25) is 0 Å². The van der Waals surface area contributed by atoms with Crippen molar-refractivity contribution in [3.63, 3.8) is 0 Å². The summed E-state index contributed by atoms with van der Waals surface area (Å²) in [5.41, 5.74) is 0. The van der Waals surface area contributed by atoms with Gasteiger partial charge in [-0.2, -0.15) is 0 Å². The molecule has 0 atom stereocenters. The minimum absolute atomic E-state index is 0.271. The molecule has 2 aliphatic rings. The van der Waals surface area contributed by atoms with Crippen LogP contribution < -0.4 is 0 Å². The number of unbranched alkanes of at least 4 members (excludes halogenated alkanes) is 1. The predicted octanol–water partition coefficient (Wildman–Crippen LogP) is 3.51. The van der Waals surface area contributed by atoms with E-state index in [0.29, 0.717) is 0 Å². The fourth-order valence-corrected chi connectivity index (χ4v) is 5.12. The number of thioether (sulfide) groups is 2. The summed E-state index contributed by atoms with van der Waals surface area (Å²) in [6.07, 6.45) is 6.34. The summed E-state index contributed by atoms with van der Waals surface area (Å²) in [7, 11) is 0. The molecule has 2 rings (SSSR count). The molecular weight excluding hydrogens is 240 g/mol. The second kappa shape index (κ2) is 6.53. The van der Waals surface area contributed by atoms with Crippen LogP contribution in [0, 0.1) is 0 Å². The third-order valence-electron chi connectivity index (χ3n) is 3.11. The van der Waals surface area contributed by atoms with Crippen LogP contribution in [0.25, 0.3) is 0 Å². The molecule has 0 aromatic rings. The van der Waals surface area contributed by atoms with Crippen molar-refractivity contribution in [2.45, 2.75) is 49.4 Å². The van der Waals surface area contributed by atoms with Gasteiger partial charge >= 0.3 is 0 Å². The second-order valence-corrected chi connectivity index (χ2v) is 7.52. The molecule has 16 heavy (non-hydrogen) atoms. The maximum absolute atomic E-state index is 5.60. The highest BCUT2D eigenvalue weighted by Gasteiger charge is 2.30. The Labute approximate surface area is 107 Å². The highest BCUT2D eigenvalue weighted by molar-refractivity contribution is 8.17. The first-order chi connectivity index (χ1) is 7.79. The lowest BCUT2D eigenvalue weighted by Gasteiger charge is -2.23. The number of hydrogen-bond donors (Lipinski definition) is 0. The van der Waals surface area contributed by atoms with Crippen molar-refractivity contribution in [1.29, 1.82) is 0 Å². The zero-order chi connectivity index (χ0) is 11.3. The molecular formula is C12H22O2S2. The van der Waals surface area contributed by atoms with Crippen molar-refractivity contribution in [2.24, 2.45) is 0 Å². The maximum atomic E-state index is 5.60.